The van der Waals surface area contributed by atoms with Crippen molar-refractivity contribution in [1.82, 2.24) is 15.0 Å². The Hall–Kier alpha value is -1.72. The Morgan fingerprint density at radius 1 is 1.21 bits per heavy atom. The summed E-state index contributed by atoms with van der Waals surface area (Å²) in [6.45, 7) is 2.47. The first-order valence-electron chi connectivity index (χ1n) is 5.99. The predicted molar refractivity (Wildman–Crippen MR) is 79.7 cm³/mol. The lowest BCUT2D eigenvalue weighted by Gasteiger charge is -2.04. The number of H-pyrrole nitrogens is 1. The Morgan fingerprint density at radius 2 is 1.95 bits per heavy atom. The molecule has 3 aromatic rings. The van der Waals surface area contributed by atoms with Gasteiger partial charge in [-0.15, -0.1) is 0 Å². The number of nitrogens with two attached hydrogens (primary N) is 1. The van der Waals surface area contributed by atoms with E-state index in [1.807, 2.05) is 37.4 Å². The molecule has 0 atom stereocenters. The Kier molecular flexibility index (Phi) is 3.08. The molecule has 0 amide bonds. The highest BCUT2D eigenvalue weighted by molar-refractivity contribution is 9.10. The van der Waals surface area contributed by atoms with Gasteiger partial charge in [0.05, 0.1) is 5.69 Å². The average molecular weight is 317 g/mol. The largest absolute Gasteiger partial charge is 0.346 e. The van der Waals surface area contributed by atoms with E-state index in [0.29, 0.717) is 6.54 Å². The summed E-state index contributed by atoms with van der Waals surface area (Å²) in [5, 5.41) is 1.03. The second-order valence-corrected chi connectivity index (χ2v) is 5.30. The van der Waals surface area contributed by atoms with Crippen molar-refractivity contribution in [3.05, 3.63) is 46.2 Å². The Bertz CT molecular complexity index is 731. The van der Waals surface area contributed by atoms with Crippen LogP contribution in [0.25, 0.3) is 22.4 Å². The minimum atomic E-state index is 0.488. The van der Waals surface area contributed by atoms with Crippen molar-refractivity contribution in [2.45, 2.75) is 13.5 Å². The summed E-state index contributed by atoms with van der Waals surface area (Å²) in [6, 6.07) is 7.96. The molecule has 4 nitrogen and oxygen atoms in total. The van der Waals surface area contributed by atoms with E-state index in [4.69, 9.17) is 5.73 Å². The van der Waals surface area contributed by atoms with Gasteiger partial charge in [-0.3, -0.25) is 0 Å². The van der Waals surface area contributed by atoms with E-state index < -0.39 is 0 Å². The zero-order chi connectivity index (χ0) is 13.4. The van der Waals surface area contributed by atoms with Gasteiger partial charge in [0.15, 0.2) is 5.82 Å². The smallest absolute Gasteiger partial charge is 0.161 e. The topological polar surface area (TPSA) is 67.6 Å². The molecule has 0 aliphatic heterocycles. The van der Waals surface area contributed by atoms with Gasteiger partial charge in [0.25, 0.3) is 0 Å². The maximum Gasteiger partial charge on any atom is 0.161 e. The van der Waals surface area contributed by atoms with Crippen molar-refractivity contribution in [3.8, 4) is 11.4 Å². The number of aromatic nitrogens is 3. The molecule has 0 aliphatic rings. The second kappa shape index (κ2) is 4.75. The fraction of sp³-hybridized carbons (Fsp3) is 0.143. The minimum Gasteiger partial charge on any atom is -0.346 e. The molecule has 0 radical (unpaired) electrons. The van der Waals surface area contributed by atoms with Crippen LogP contribution in [0.2, 0.25) is 0 Å². The molecule has 0 saturated heterocycles. The summed E-state index contributed by atoms with van der Waals surface area (Å²) in [5.41, 5.74) is 9.55. The van der Waals surface area contributed by atoms with Crippen molar-refractivity contribution in [2.75, 3.05) is 0 Å². The Morgan fingerprint density at radius 3 is 2.63 bits per heavy atom. The second-order valence-electron chi connectivity index (χ2n) is 4.38. The Labute approximate surface area is 119 Å². The number of halogens is 1. The third-order valence-corrected chi connectivity index (χ3v) is 3.65. The van der Waals surface area contributed by atoms with Gasteiger partial charge in [-0.1, -0.05) is 28.1 Å². The van der Waals surface area contributed by atoms with Gasteiger partial charge in [0, 0.05) is 28.2 Å². The van der Waals surface area contributed by atoms with E-state index in [1.165, 1.54) is 0 Å². The molecule has 3 N–H and O–H groups in total. The highest BCUT2D eigenvalue weighted by Gasteiger charge is 2.11. The number of fused-ring (bicyclic) bond motifs is 1. The summed E-state index contributed by atoms with van der Waals surface area (Å²) >= 11 is 3.42. The molecule has 0 unspecified atom stereocenters. The van der Waals surface area contributed by atoms with Crippen molar-refractivity contribution in [2.24, 2.45) is 5.73 Å². The van der Waals surface area contributed by atoms with Crippen LogP contribution in [0, 0.1) is 6.92 Å². The normalized spacial score (nSPS) is 11.1. The van der Waals surface area contributed by atoms with E-state index in [9.17, 15) is 0 Å². The third kappa shape index (κ3) is 2.15. The van der Waals surface area contributed by atoms with Gasteiger partial charge in [-0.05, 0) is 24.6 Å². The van der Waals surface area contributed by atoms with Crippen LogP contribution in [0.15, 0.2) is 34.9 Å². The lowest BCUT2D eigenvalue weighted by Crippen LogP contribution is -1.98. The molecule has 1 aromatic carbocycles. The molecule has 19 heavy (non-hydrogen) atoms. The number of aryl methyl sites for hydroxylation is 1. The number of nitrogens with zero attached hydrogens (tertiary/aromatic N) is 2. The number of aromatic amines is 1. The molecule has 2 aromatic heterocycles. The highest BCUT2D eigenvalue weighted by atomic mass is 79.9. The molecular formula is C14H13BrN4. The molecule has 0 fully saturated rings. The van der Waals surface area contributed by atoms with Gasteiger partial charge in [0.1, 0.15) is 5.65 Å². The molecule has 0 spiro atoms. The van der Waals surface area contributed by atoms with Crippen LogP contribution < -0.4 is 5.73 Å². The fourth-order valence-corrected chi connectivity index (χ4v) is 2.44. The molecule has 0 bridgehead atoms. The van der Waals surface area contributed by atoms with Crippen LogP contribution in [-0.4, -0.2) is 15.0 Å². The van der Waals surface area contributed by atoms with Gasteiger partial charge >= 0.3 is 0 Å². The van der Waals surface area contributed by atoms with Crippen LogP contribution >= 0.6 is 15.9 Å². The van der Waals surface area contributed by atoms with E-state index in [-0.39, 0.29) is 0 Å². The van der Waals surface area contributed by atoms with Gasteiger partial charge in [-0.2, -0.15) is 0 Å². The molecular weight excluding hydrogens is 304 g/mol. The first kappa shape index (κ1) is 12.3. The fourth-order valence-electron chi connectivity index (χ4n) is 2.18. The predicted octanol–water partition coefficient (Wildman–Crippen LogP) is 3.15. The number of benzene rings is 1. The Balaban J connectivity index is 2.18. The van der Waals surface area contributed by atoms with Crippen LogP contribution in [0.4, 0.5) is 0 Å². The summed E-state index contributed by atoms with van der Waals surface area (Å²) < 4.78 is 1.04. The van der Waals surface area contributed by atoms with Crippen molar-refractivity contribution in [1.29, 1.82) is 0 Å². The van der Waals surface area contributed by atoms with E-state index >= 15 is 0 Å². The number of rotatable bonds is 2. The molecule has 0 aliphatic carbocycles. The van der Waals surface area contributed by atoms with Crippen LogP contribution in [0.3, 0.4) is 0 Å². The maximum atomic E-state index is 5.71. The third-order valence-electron chi connectivity index (χ3n) is 3.12. The summed E-state index contributed by atoms with van der Waals surface area (Å²) in [7, 11) is 0. The van der Waals surface area contributed by atoms with Gasteiger partial charge < -0.3 is 10.7 Å². The highest BCUT2D eigenvalue weighted by Crippen LogP contribution is 2.24. The van der Waals surface area contributed by atoms with Gasteiger partial charge in [0.2, 0.25) is 0 Å². The molecule has 2 heterocycles. The lowest BCUT2D eigenvalue weighted by atomic mass is 10.1. The summed E-state index contributed by atoms with van der Waals surface area (Å²) in [4.78, 5) is 12.3. The van der Waals surface area contributed by atoms with Crippen molar-refractivity contribution >= 4 is 27.0 Å². The first-order valence-corrected chi connectivity index (χ1v) is 6.79. The van der Waals surface area contributed by atoms with Crippen molar-refractivity contribution < 1.29 is 0 Å². The van der Waals surface area contributed by atoms with Gasteiger partial charge in [-0.25, -0.2) is 9.97 Å². The van der Waals surface area contributed by atoms with E-state index in [1.54, 1.807) is 0 Å². The van der Waals surface area contributed by atoms with Crippen LogP contribution in [0.5, 0.6) is 0 Å². The minimum absolute atomic E-state index is 0.488. The monoisotopic (exact) mass is 316 g/mol. The first-order chi connectivity index (χ1) is 9.19. The zero-order valence-corrected chi connectivity index (χ0v) is 12.0. The number of hydrogen-bond donors (Lipinski definition) is 2. The van der Waals surface area contributed by atoms with Crippen LogP contribution in [-0.2, 0) is 6.54 Å². The van der Waals surface area contributed by atoms with E-state index in [2.05, 4.69) is 30.9 Å². The molecule has 0 saturated carbocycles. The zero-order valence-electron chi connectivity index (χ0n) is 10.4. The van der Waals surface area contributed by atoms with Crippen molar-refractivity contribution in [3.63, 3.8) is 0 Å². The maximum absolute atomic E-state index is 5.71. The number of hydrogen-bond acceptors (Lipinski definition) is 3. The number of nitrogens with one attached hydrogen (secondary N) is 1. The SMILES string of the molecule is Cc1nc(-c2ccc(Br)cc2)nc2[nH]cc(CN)c12. The standard InChI is InChI=1S/C14H13BrN4/c1-8-12-10(6-16)7-17-14(12)19-13(18-8)9-2-4-11(15)5-3-9/h2-5,7H,6,16H2,1H3,(H,17,18,19). The summed E-state index contributed by atoms with van der Waals surface area (Å²) in [5.74, 6) is 0.725. The quantitative estimate of drug-likeness (QED) is 0.763. The summed E-state index contributed by atoms with van der Waals surface area (Å²) in [6.07, 6.45) is 1.90. The van der Waals surface area contributed by atoms with Crippen LogP contribution in [0.1, 0.15) is 11.3 Å². The molecule has 5 heteroatoms. The average Bonchev–Trinajstić information content (AvgIpc) is 2.83. The molecule has 3 rings (SSSR count). The lowest BCUT2D eigenvalue weighted by molar-refractivity contribution is 1.08. The van der Waals surface area contributed by atoms with E-state index in [0.717, 1.165) is 38.2 Å². The molecule has 96 valence electrons.